The minimum absolute atomic E-state index is 0.484. The molecule has 23 aromatic rings. The van der Waals surface area contributed by atoms with Crippen LogP contribution < -0.4 is 0 Å². The Balaban J connectivity index is 0.000000114. The van der Waals surface area contributed by atoms with Gasteiger partial charge in [0.25, 0.3) is 0 Å². The maximum atomic E-state index is 5.27. The summed E-state index contributed by atoms with van der Waals surface area (Å²) in [5, 5.41) is 2.26. The molecule has 0 bridgehead atoms. The Kier molecular flexibility index (Phi) is 21.8. The molecule has 0 fully saturated rings. The number of nitrogens with zero attached hydrogens (tertiary/aromatic N) is 9. The van der Waals surface area contributed by atoms with E-state index in [9.17, 15) is 0 Å². The molecule has 3 aliphatic rings. The predicted octanol–water partition coefficient (Wildman–Crippen LogP) is 30.5. The predicted molar refractivity (Wildman–Crippen MR) is 563 cm³/mol. The molecule has 0 spiro atoms. The fraction of sp³-hybridized carbons (Fsp3) is 0.0231. The average molecular weight is 1780 g/mol. The molecule has 0 saturated carbocycles. The minimum Gasteiger partial charge on any atom is -0.208 e. The molecule has 20 aromatic carbocycles. The third kappa shape index (κ3) is 14.9. The van der Waals surface area contributed by atoms with Gasteiger partial charge in [-0.3, -0.25) is 0 Å². The quantitative estimate of drug-likeness (QED) is 0.0932. The topological polar surface area (TPSA) is 116 Å². The van der Waals surface area contributed by atoms with Crippen molar-refractivity contribution in [3.8, 4) is 147 Å². The zero-order valence-corrected chi connectivity index (χ0v) is 75.8. The molecule has 26 rings (SSSR count). The van der Waals surface area contributed by atoms with Gasteiger partial charge in [-0.2, -0.15) is 0 Å². The SMILES string of the molecule is c1ccc(-c2ccc(-c3nc(-c4ccccc4)nc(-c4ccc5c(c4)C(c4ccccc4)(c4ccccc4)c4ccccc4-5)n3)cc2)cc1.c1ccc(-c2nc(-c3cccc4c3-c3ccccc3C4(c3ccccc3)c3ccccc3)nc(-c3cccc4ccccc34)n2)cc1.c1ccc(-c2nc(-c3ccccc3)nc(-c3ccc4c(c3)C(c3ccccc3)(c3ccccc3)c3ccccc3-4)n2)cc1. The van der Waals surface area contributed by atoms with Crippen molar-refractivity contribution in [3.63, 3.8) is 0 Å². The first-order valence-electron chi connectivity index (χ1n) is 47.1. The first-order valence-corrected chi connectivity index (χ1v) is 47.1. The number of hydrogen-bond donors (Lipinski definition) is 0. The van der Waals surface area contributed by atoms with Crippen LogP contribution in [0.15, 0.2) is 528 Å². The van der Waals surface area contributed by atoms with E-state index >= 15 is 0 Å². The summed E-state index contributed by atoms with van der Waals surface area (Å²) in [5.41, 5.74) is 31.6. The van der Waals surface area contributed by atoms with Gasteiger partial charge in [-0.05, 0) is 134 Å². The van der Waals surface area contributed by atoms with Gasteiger partial charge in [0.2, 0.25) is 0 Å². The summed E-state index contributed by atoms with van der Waals surface area (Å²) in [6.07, 6.45) is 0. The molecule has 0 radical (unpaired) electrons. The highest BCUT2D eigenvalue weighted by Crippen LogP contribution is 2.61. The van der Waals surface area contributed by atoms with E-state index in [0.717, 1.165) is 72.0 Å². The lowest BCUT2D eigenvalue weighted by molar-refractivity contribution is 0.768. The Bertz CT molecular complexity index is 8260. The standard InChI is InChI=1S/C46H31N3.C44H29N3.C40H27N3/c1-5-15-32(16-6-1)33-25-27-35(28-26-33)44-47-43(34-17-7-2-8-18-34)48-45(49-44)36-29-30-40-39-23-13-14-24-41(39)46(42(40)31-36,37-19-9-3-10-20-37)38-21-11-4-12-22-38;1-4-17-31(18-5-1)41-45-42(35-26-14-19-30-16-10-11-24-34(30)35)47-43(46-41)37-27-15-29-39-40(37)36-25-12-13-28-38(36)44(39,32-20-6-2-7-21-32)33-22-8-3-9-23-33;1-5-15-28(16-6-1)37-41-38(29-17-7-2-8-18-29)43-39(42-37)30-25-26-34-33-23-13-14-24-35(33)40(36(34)27-30,31-19-9-3-10-20-31)32-21-11-4-12-22-32/h1-31H;1-29H;1-27H. The van der Waals surface area contributed by atoms with E-state index < -0.39 is 16.2 Å². The first-order chi connectivity index (χ1) is 68.9. The second-order valence-electron chi connectivity index (χ2n) is 35.2. The number of rotatable bonds is 16. The zero-order chi connectivity index (χ0) is 92.5. The number of aromatic nitrogens is 9. The summed E-state index contributed by atoms with van der Waals surface area (Å²) in [4.78, 5) is 45.8. The number of benzene rings is 20. The number of fused-ring (bicyclic) bond motifs is 10. The fourth-order valence-electron chi connectivity index (χ4n) is 21.3. The van der Waals surface area contributed by atoms with Crippen LogP contribution in [0.3, 0.4) is 0 Å². The van der Waals surface area contributed by atoms with E-state index in [0.29, 0.717) is 52.4 Å². The van der Waals surface area contributed by atoms with E-state index in [2.05, 4.69) is 425 Å². The van der Waals surface area contributed by atoms with Crippen LogP contribution >= 0.6 is 0 Å². The summed E-state index contributed by atoms with van der Waals surface area (Å²) < 4.78 is 0. The third-order valence-corrected chi connectivity index (χ3v) is 27.5. The van der Waals surface area contributed by atoms with Crippen LogP contribution in [-0.4, -0.2) is 44.9 Å². The van der Waals surface area contributed by atoms with Crippen LogP contribution in [0, 0.1) is 0 Å². The Morgan fingerprint density at radius 1 is 0.122 bits per heavy atom. The van der Waals surface area contributed by atoms with Crippen LogP contribution in [0.25, 0.3) is 158 Å². The van der Waals surface area contributed by atoms with E-state index in [1.54, 1.807) is 0 Å². The molecule has 652 valence electrons. The Morgan fingerprint density at radius 2 is 0.338 bits per heavy atom. The summed E-state index contributed by atoms with van der Waals surface area (Å²) in [6.45, 7) is 0. The van der Waals surface area contributed by atoms with Crippen molar-refractivity contribution in [2.75, 3.05) is 0 Å². The second kappa shape index (κ2) is 36.2. The normalized spacial score (nSPS) is 12.8. The maximum Gasteiger partial charge on any atom is 0.164 e. The molecule has 9 heteroatoms. The molecule has 3 aliphatic carbocycles. The summed E-state index contributed by atoms with van der Waals surface area (Å²) in [5.74, 6) is 5.87. The summed E-state index contributed by atoms with van der Waals surface area (Å²) in [6, 6.07) is 186. The van der Waals surface area contributed by atoms with Gasteiger partial charge in [0, 0.05) is 50.1 Å². The molecular formula is C130H87N9. The first kappa shape index (κ1) is 83.7. The molecule has 0 unspecified atom stereocenters. The Hall–Kier alpha value is -18.3. The van der Waals surface area contributed by atoms with Gasteiger partial charge in [0.1, 0.15) is 0 Å². The van der Waals surface area contributed by atoms with Gasteiger partial charge < -0.3 is 0 Å². The van der Waals surface area contributed by atoms with Crippen LogP contribution in [0.2, 0.25) is 0 Å². The van der Waals surface area contributed by atoms with Crippen LogP contribution in [0.5, 0.6) is 0 Å². The van der Waals surface area contributed by atoms with Crippen molar-refractivity contribution < 1.29 is 0 Å². The van der Waals surface area contributed by atoms with Crippen molar-refractivity contribution in [2.45, 2.75) is 16.2 Å². The van der Waals surface area contributed by atoms with Crippen molar-refractivity contribution in [1.29, 1.82) is 0 Å². The van der Waals surface area contributed by atoms with Crippen molar-refractivity contribution in [1.82, 2.24) is 44.9 Å². The lowest BCUT2D eigenvalue weighted by atomic mass is 9.67. The molecule has 3 heterocycles. The maximum absolute atomic E-state index is 5.27. The largest absolute Gasteiger partial charge is 0.208 e. The van der Waals surface area contributed by atoms with Gasteiger partial charge in [-0.1, -0.05) is 516 Å². The van der Waals surface area contributed by atoms with Crippen molar-refractivity contribution in [3.05, 3.63) is 595 Å². The van der Waals surface area contributed by atoms with Gasteiger partial charge >= 0.3 is 0 Å². The van der Waals surface area contributed by atoms with Gasteiger partial charge in [0.05, 0.1) is 16.2 Å². The van der Waals surface area contributed by atoms with Crippen molar-refractivity contribution in [2.24, 2.45) is 0 Å². The van der Waals surface area contributed by atoms with Gasteiger partial charge in [-0.15, -0.1) is 0 Å². The summed E-state index contributed by atoms with van der Waals surface area (Å²) in [7, 11) is 0. The van der Waals surface area contributed by atoms with Crippen LogP contribution in [0.4, 0.5) is 0 Å². The highest BCUT2D eigenvalue weighted by atomic mass is 15.1. The van der Waals surface area contributed by atoms with Gasteiger partial charge in [0.15, 0.2) is 52.4 Å². The van der Waals surface area contributed by atoms with Crippen LogP contribution in [0.1, 0.15) is 66.8 Å². The fourth-order valence-corrected chi connectivity index (χ4v) is 21.3. The molecule has 0 amide bonds. The lowest BCUT2D eigenvalue weighted by Gasteiger charge is -2.34. The average Bonchev–Trinajstić information content (AvgIpc) is 1.56. The number of hydrogen-bond acceptors (Lipinski definition) is 9. The molecule has 0 saturated heterocycles. The molecule has 9 nitrogen and oxygen atoms in total. The van der Waals surface area contributed by atoms with Crippen molar-refractivity contribution >= 4 is 10.8 Å². The van der Waals surface area contributed by atoms with E-state index in [1.807, 2.05) is 103 Å². The minimum atomic E-state index is -0.504. The van der Waals surface area contributed by atoms with Crippen LogP contribution in [-0.2, 0) is 16.2 Å². The smallest absolute Gasteiger partial charge is 0.164 e. The third-order valence-electron chi connectivity index (χ3n) is 27.5. The zero-order valence-electron chi connectivity index (χ0n) is 75.8. The van der Waals surface area contributed by atoms with E-state index in [-0.39, 0.29) is 0 Å². The molecule has 139 heavy (non-hydrogen) atoms. The second-order valence-corrected chi connectivity index (χ2v) is 35.2. The molecular weight excluding hydrogens is 1690 g/mol. The van der Waals surface area contributed by atoms with E-state index in [4.69, 9.17) is 44.9 Å². The summed E-state index contributed by atoms with van der Waals surface area (Å²) >= 11 is 0. The van der Waals surface area contributed by atoms with Gasteiger partial charge in [-0.25, -0.2) is 44.9 Å². The lowest BCUT2D eigenvalue weighted by Crippen LogP contribution is -2.28. The van der Waals surface area contributed by atoms with E-state index in [1.165, 1.54) is 100 Å². The molecule has 0 N–H and O–H groups in total. The highest BCUT2D eigenvalue weighted by molar-refractivity contribution is 5.98. The monoisotopic (exact) mass is 1770 g/mol. The molecule has 0 atom stereocenters. The highest BCUT2D eigenvalue weighted by Gasteiger charge is 2.50. The Morgan fingerprint density at radius 3 is 0.719 bits per heavy atom. The molecule has 0 aliphatic heterocycles. The molecule has 3 aromatic heterocycles. The Labute approximate surface area is 807 Å².